The molecule has 1 amide bonds. The van der Waals surface area contributed by atoms with E-state index in [0.29, 0.717) is 12.2 Å². The van der Waals surface area contributed by atoms with Crippen LogP contribution in [0.25, 0.3) is 0 Å². The summed E-state index contributed by atoms with van der Waals surface area (Å²) in [6, 6.07) is 5.78. The van der Waals surface area contributed by atoms with Crippen molar-refractivity contribution < 1.29 is 14.3 Å². The van der Waals surface area contributed by atoms with E-state index in [9.17, 15) is 9.59 Å². The van der Waals surface area contributed by atoms with Crippen LogP contribution in [0.1, 0.15) is 15.9 Å². The van der Waals surface area contributed by atoms with Crippen molar-refractivity contribution in [2.45, 2.75) is 6.61 Å². The van der Waals surface area contributed by atoms with Gasteiger partial charge in [-0.2, -0.15) is 0 Å². The van der Waals surface area contributed by atoms with Crippen LogP contribution in [-0.2, 0) is 16.1 Å². The average Bonchev–Trinajstić information content (AvgIpc) is 2.80. The number of hydrogen-bond donors (Lipinski definition) is 0. The molecule has 0 N–H and O–H groups in total. The maximum absolute atomic E-state index is 11.4. The van der Waals surface area contributed by atoms with Crippen LogP contribution < -0.4 is 4.90 Å². The largest absolute Gasteiger partial charge is 0.457 e. The van der Waals surface area contributed by atoms with Crippen LogP contribution in [0.5, 0.6) is 0 Å². The van der Waals surface area contributed by atoms with Gasteiger partial charge in [-0.1, -0.05) is 0 Å². The summed E-state index contributed by atoms with van der Waals surface area (Å²) in [6.45, 7) is 3.51. The van der Waals surface area contributed by atoms with Gasteiger partial charge in [-0.05, 0) is 18.2 Å². The number of anilines is 1. The van der Waals surface area contributed by atoms with E-state index in [1.807, 2.05) is 18.2 Å². The summed E-state index contributed by atoms with van der Waals surface area (Å²) in [7, 11) is 0. The number of cyclic esters (lactones) is 1. The van der Waals surface area contributed by atoms with Crippen molar-refractivity contribution in [1.29, 1.82) is 0 Å². The molecule has 18 heavy (non-hydrogen) atoms. The predicted molar refractivity (Wildman–Crippen MR) is 65.4 cm³/mol. The van der Waals surface area contributed by atoms with E-state index in [1.165, 1.54) is 0 Å². The maximum atomic E-state index is 11.4. The Balaban J connectivity index is 1.78. The number of esters is 1. The topological polar surface area (TPSA) is 49.9 Å². The first-order chi connectivity index (χ1) is 8.78. The fourth-order valence-electron chi connectivity index (χ4n) is 2.40. The Bertz CT molecular complexity index is 493. The summed E-state index contributed by atoms with van der Waals surface area (Å²) in [5, 5.41) is 0. The molecule has 3 rings (SSSR count). The van der Waals surface area contributed by atoms with E-state index in [0.717, 1.165) is 43.8 Å². The summed E-state index contributed by atoms with van der Waals surface area (Å²) < 4.78 is 4.99. The first-order valence-corrected chi connectivity index (χ1v) is 6.02. The van der Waals surface area contributed by atoms with Crippen LogP contribution in [0.2, 0.25) is 0 Å². The molecule has 0 aliphatic carbocycles. The highest BCUT2D eigenvalue weighted by molar-refractivity contribution is 5.93. The lowest BCUT2D eigenvalue weighted by Crippen LogP contribution is -2.45. The molecule has 2 aliphatic rings. The molecule has 0 saturated carbocycles. The number of hydrogen-bond acceptors (Lipinski definition) is 4. The molecule has 2 heterocycles. The summed E-state index contributed by atoms with van der Waals surface area (Å²) in [6.07, 6.45) is 0.895. The lowest BCUT2D eigenvalue weighted by Gasteiger charge is -2.34. The van der Waals surface area contributed by atoms with Gasteiger partial charge in [0.15, 0.2) is 0 Å². The zero-order chi connectivity index (χ0) is 12.5. The molecule has 2 aliphatic heterocycles. The van der Waals surface area contributed by atoms with Crippen LogP contribution in [0.3, 0.4) is 0 Å². The third-order valence-electron chi connectivity index (χ3n) is 3.50. The molecule has 0 atom stereocenters. The Labute approximate surface area is 105 Å². The second kappa shape index (κ2) is 4.33. The zero-order valence-electron chi connectivity index (χ0n) is 9.96. The van der Waals surface area contributed by atoms with E-state index in [2.05, 4.69) is 4.90 Å². The van der Waals surface area contributed by atoms with Crippen molar-refractivity contribution in [3.05, 3.63) is 29.3 Å². The Morgan fingerprint density at radius 1 is 1.17 bits per heavy atom. The number of piperazine rings is 1. The van der Waals surface area contributed by atoms with E-state index < -0.39 is 0 Å². The van der Waals surface area contributed by atoms with Crippen molar-refractivity contribution in [2.24, 2.45) is 0 Å². The highest BCUT2D eigenvalue weighted by Crippen LogP contribution is 2.26. The van der Waals surface area contributed by atoms with Gasteiger partial charge in [0.25, 0.3) is 0 Å². The van der Waals surface area contributed by atoms with E-state index in [4.69, 9.17) is 4.74 Å². The quantitative estimate of drug-likeness (QED) is 0.567. The highest BCUT2D eigenvalue weighted by atomic mass is 16.5. The number of nitrogens with zero attached hydrogens (tertiary/aromatic N) is 2. The maximum Gasteiger partial charge on any atom is 0.338 e. The number of amides is 1. The van der Waals surface area contributed by atoms with Crippen molar-refractivity contribution in [3.8, 4) is 0 Å². The molecule has 5 heteroatoms. The molecule has 5 nitrogen and oxygen atoms in total. The van der Waals surface area contributed by atoms with Crippen LogP contribution in [-0.4, -0.2) is 43.5 Å². The first-order valence-electron chi connectivity index (χ1n) is 6.02. The fraction of sp³-hybridized carbons (Fsp3) is 0.385. The summed E-state index contributed by atoms with van der Waals surface area (Å²) in [4.78, 5) is 26.0. The third kappa shape index (κ3) is 1.81. The molecule has 94 valence electrons. The summed E-state index contributed by atoms with van der Waals surface area (Å²) in [5.74, 6) is -0.234. The van der Waals surface area contributed by atoms with Crippen LogP contribution >= 0.6 is 0 Å². The second-order valence-electron chi connectivity index (χ2n) is 4.55. The molecule has 1 aromatic carbocycles. The second-order valence-corrected chi connectivity index (χ2v) is 4.55. The lowest BCUT2D eigenvalue weighted by molar-refractivity contribution is -0.118. The number of fused-ring (bicyclic) bond motifs is 1. The minimum atomic E-state index is -0.234. The predicted octanol–water partition coefficient (Wildman–Crippen LogP) is 0.635. The zero-order valence-corrected chi connectivity index (χ0v) is 9.96. The molecule has 0 spiro atoms. The van der Waals surface area contributed by atoms with Gasteiger partial charge in [-0.15, -0.1) is 0 Å². The fourth-order valence-corrected chi connectivity index (χ4v) is 2.40. The van der Waals surface area contributed by atoms with E-state index in [-0.39, 0.29) is 5.97 Å². The molecule has 1 fully saturated rings. The summed E-state index contributed by atoms with van der Waals surface area (Å²) >= 11 is 0. The third-order valence-corrected chi connectivity index (χ3v) is 3.50. The van der Waals surface area contributed by atoms with Crippen molar-refractivity contribution in [1.82, 2.24) is 4.90 Å². The Morgan fingerprint density at radius 2 is 1.94 bits per heavy atom. The number of rotatable bonds is 2. The number of ether oxygens (including phenoxy) is 1. The smallest absolute Gasteiger partial charge is 0.338 e. The van der Waals surface area contributed by atoms with E-state index in [1.54, 1.807) is 4.90 Å². The van der Waals surface area contributed by atoms with Gasteiger partial charge >= 0.3 is 5.97 Å². The Morgan fingerprint density at radius 3 is 2.67 bits per heavy atom. The first kappa shape index (κ1) is 11.1. The van der Waals surface area contributed by atoms with Crippen molar-refractivity contribution in [2.75, 3.05) is 31.1 Å². The van der Waals surface area contributed by atoms with Crippen molar-refractivity contribution >= 4 is 18.1 Å². The monoisotopic (exact) mass is 246 g/mol. The Kier molecular flexibility index (Phi) is 2.66. The Hall–Kier alpha value is -2.04. The van der Waals surface area contributed by atoms with E-state index >= 15 is 0 Å². The number of carbonyl (C=O) groups excluding carboxylic acids is 2. The SMILES string of the molecule is O=CN1CCN(c2ccc3c(c2)COC3=O)CC1. The van der Waals surface area contributed by atoms with Gasteiger partial charge in [0, 0.05) is 37.4 Å². The molecular weight excluding hydrogens is 232 g/mol. The highest BCUT2D eigenvalue weighted by Gasteiger charge is 2.23. The minimum Gasteiger partial charge on any atom is -0.457 e. The summed E-state index contributed by atoms with van der Waals surface area (Å²) in [5.41, 5.74) is 2.72. The van der Waals surface area contributed by atoms with Crippen LogP contribution in [0, 0.1) is 0 Å². The van der Waals surface area contributed by atoms with Crippen molar-refractivity contribution in [3.63, 3.8) is 0 Å². The van der Waals surface area contributed by atoms with Gasteiger partial charge in [0.2, 0.25) is 6.41 Å². The molecule has 0 bridgehead atoms. The standard InChI is InChI=1S/C13H14N2O3/c16-9-14-3-5-15(6-4-14)11-1-2-12-10(7-11)8-18-13(12)17/h1-2,7,9H,3-6,8H2. The molecule has 0 radical (unpaired) electrons. The van der Waals surface area contributed by atoms with Crippen LogP contribution in [0.4, 0.5) is 5.69 Å². The number of benzene rings is 1. The van der Waals surface area contributed by atoms with Crippen LogP contribution in [0.15, 0.2) is 18.2 Å². The molecular formula is C13H14N2O3. The molecule has 0 aromatic heterocycles. The molecule has 0 unspecified atom stereocenters. The van der Waals surface area contributed by atoms with Gasteiger partial charge in [-0.3, -0.25) is 4.79 Å². The van der Waals surface area contributed by atoms with Gasteiger partial charge in [0.05, 0.1) is 5.56 Å². The molecule has 1 aromatic rings. The lowest BCUT2D eigenvalue weighted by atomic mass is 10.1. The van der Waals surface area contributed by atoms with Gasteiger partial charge < -0.3 is 14.5 Å². The molecule has 1 saturated heterocycles. The normalized spacial score (nSPS) is 18.6. The number of carbonyl (C=O) groups is 2. The van der Waals surface area contributed by atoms with Gasteiger partial charge in [0.1, 0.15) is 6.61 Å². The minimum absolute atomic E-state index is 0.234. The average molecular weight is 246 g/mol. The van der Waals surface area contributed by atoms with Gasteiger partial charge in [-0.25, -0.2) is 4.79 Å².